The molecule has 3 heterocycles. The van der Waals surface area contributed by atoms with Crippen molar-refractivity contribution in [1.29, 1.82) is 0 Å². The molecule has 8 heteroatoms. The zero-order valence-corrected chi connectivity index (χ0v) is 19.2. The zero-order valence-electron chi connectivity index (χ0n) is 19.2. The predicted molar refractivity (Wildman–Crippen MR) is 128 cm³/mol. The van der Waals surface area contributed by atoms with Gasteiger partial charge >= 0.3 is 0 Å². The van der Waals surface area contributed by atoms with Gasteiger partial charge in [0.15, 0.2) is 5.65 Å². The Morgan fingerprint density at radius 1 is 1.18 bits per heavy atom. The summed E-state index contributed by atoms with van der Waals surface area (Å²) in [6.07, 6.45) is 2.12. The van der Waals surface area contributed by atoms with Crippen molar-refractivity contribution in [3.8, 4) is 0 Å². The second-order valence-corrected chi connectivity index (χ2v) is 8.63. The first-order valence-electron chi connectivity index (χ1n) is 11.4. The fourth-order valence-electron chi connectivity index (χ4n) is 4.70. The molecule has 4 aromatic rings. The second kappa shape index (κ2) is 8.87. The lowest BCUT2D eigenvalue weighted by Gasteiger charge is -2.30. The molecule has 0 bridgehead atoms. The molecule has 2 aromatic carbocycles. The minimum Gasteiger partial charge on any atom is -0.329 e. The Hall–Kier alpha value is -3.78. The van der Waals surface area contributed by atoms with Gasteiger partial charge in [0.25, 0.3) is 11.5 Å². The van der Waals surface area contributed by atoms with Gasteiger partial charge in [0.1, 0.15) is 11.4 Å². The molecule has 34 heavy (non-hydrogen) atoms. The van der Waals surface area contributed by atoms with Crippen molar-refractivity contribution in [2.24, 2.45) is 0 Å². The normalized spacial score (nSPS) is 13.7. The summed E-state index contributed by atoms with van der Waals surface area (Å²) in [5.74, 6) is -0.855. The van der Waals surface area contributed by atoms with Crippen LogP contribution in [0.15, 0.2) is 59.5 Å². The van der Waals surface area contributed by atoms with Gasteiger partial charge in [-0.1, -0.05) is 36.4 Å². The fraction of sp³-hybridized carbons (Fsp3) is 0.269. The number of carbonyl (C=O) groups excluding carboxylic acids is 1. The van der Waals surface area contributed by atoms with Crippen LogP contribution in [0.1, 0.15) is 39.7 Å². The minimum absolute atomic E-state index is 0.201. The highest BCUT2D eigenvalue weighted by molar-refractivity contribution is 6.08. The molecule has 0 saturated carbocycles. The van der Waals surface area contributed by atoms with Crippen LogP contribution in [0.2, 0.25) is 0 Å². The van der Waals surface area contributed by atoms with Crippen LogP contribution < -0.4 is 10.9 Å². The number of nitrogens with zero attached hydrogens (tertiary/aromatic N) is 4. The standard InChI is InChI=1S/C26H26FN5O2/c1-3-31-23-11-12-30(15-18-7-5-4-6-8-18)16-21(23)26(34)32-25(31)20(14-28-32)24(33)29-22-13-19(27)10-9-17(22)2/h4-10,13-14H,3,11-12,15-16H2,1-2H3,(H,29,33). The van der Waals surface area contributed by atoms with E-state index in [1.54, 1.807) is 13.0 Å². The van der Waals surface area contributed by atoms with Gasteiger partial charge in [0, 0.05) is 44.0 Å². The third-order valence-corrected chi connectivity index (χ3v) is 6.43. The van der Waals surface area contributed by atoms with Crippen LogP contribution in [0.5, 0.6) is 0 Å². The molecule has 1 aliphatic rings. The Labute approximate surface area is 196 Å². The van der Waals surface area contributed by atoms with Crippen molar-refractivity contribution >= 4 is 17.2 Å². The highest BCUT2D eigenvalue weighted by Crippen LogP contribution is 2.23. The van der Waals surface area contributed by atoms with Crippen molar-refractivity contribution in [3.63, 3.8) is 0 Å². The van der Waals surface area contributed by atoms with E-state index in [1.165, 1.54) is 28.4 Å². The molecule has 1 N–H and O–H groups in total. The molecule has 0 aliphatic carbocycles. The molecule has 0 fully saturated rings. The van der Waals surface area contributed by atoms with Gasteiger partial charge in [-0.3, -0.25) is 14.5 Å². The fourth-order valence-corrected chi connectivity index (χ4v) is 4.70. The van der Waals surface area contributed by atoms with Gasteiger partial charge in [-0.25, -0.2) is 4.39 Å². The molecule has 174 valence electrons. The lowest BCUT2D eigenvalue weighted by atomic mass is 10.0. The summed E-state index contributed by atoms with van der Waals surface area (Å²) in [4.78, 5) is 28.8. The number of amides is 1. The lowest BCUT2D eigenvalue weighted by molar-refractivity contribution is 0.102. The molecule has 1 amide bonds. The maximum Gasteiger partial charge on any atom is 0.279 e. The van der Waals surface area contributed by atoms with Gasteiger partial charge in [0.2, 0.25) is 0 Å². The average molecular weight is 460 g/mol. The first-order chi connectivity index (χ1) is 16.5. The maximum atomic E-state index is 13.7. The molecule has 0 radical (unpaired) electrons. The van der Waals surface area contributed by atoms with E-state index >= 15 is 0 Å². The Bertz CT molecular complexity index is 1440. The third kappa shape index (κ3) is 3.90. The van der Waals surface area contributed by atoms with Crippen molar-refractivity contribution in [3.05, 3.63) is 98.8 Å². The van der Waals surface area contributed by atoms with Crippen LogP contribution in [-0.4, -0.2) is 31.5 Å². The van der Waals surface area contributed by atoms with E-state index < -0.39 is 11.7 Å². The number of hydrogen-bond donors (Lipinski definition) is 1. The first kappa shape index (κ1) is 22.0. The van der Waals surface area contributed by atoms with Gasteiger partial charge in [-0.15, -0.1) is 0 Å². The zero-order chi connectivity index (χ0) is 23.8. The van der Waals surface area contributed by atoms with E-state index in [0.29, 0.717) is 36.4 Å². The number of fused-ring (bicyclic) bond motifs is 2. The second-order valence-electron chi connectivity index (χ2n) is 8.63. The molecule has 0 atom stereocenters. The summed E-state index contributed by atoms with van der Waals surface area (Å²) in [6, 6.07) is 14.4. The van der Waals surface area contributed by atoms with Crippen molar-refractivity contribution in [2.75, 3.05) is 11.9 Å². The summed E-state index contributed by atoms with van der Waals surface area (Å²) in [5.41, 5.74) is 4.56. The lowest BCUT2D eigenvalue weighted by Crippen LogP contribution is -2.38. The number of anilines is 1. The molecular weight excluding hydrogens is 433 g/mol. The van der Waals surface area contributed by atoms with E-state index in [9.17, 15) is 14.0 Å². The molecule has 0 spiro atoms. The third-order valence-electron chi connectivity index (χ3n) is 6.43. The van der Waals surface area contributed by atoms with Crippen LogP contribution >= 0.6 is 0 Å². The average Bonchev–Trinajstić information content (AvgIpc) is 3.28. The molecule has 0 saturated heterocycles. The van der Waals surface area contributed by atoms with Crippen molar-refractivity contribution in [2.45, 2.75) is 39.9 Å². The van der Waals surface area contributed by atoms with Gasteiger partial charge in [0.05, 0.1) is 11.8 Å². The minimum atomic E-state index is -0.430. The van der Waals surface area contributed by atoms with E-state index in [0.717, 1.165) is 24.3 Å². The van der Waals surface area contributed by atoms with Crippen LogP contribution in [0, 0.1) is 12.7 Å². The van der Waals surface area contributed by atoms with Crippen LogP contribution in [-0.2, 0) is 26.1 Å². The smallest absolute Gasteiger partial charge is 0.279 e. The number of halogens is 1. The van der Waals surface area contributed by atoms with E-state index in [1.807, 2.05) is 29.7 Å². The predicted octanol–water partition coefficient (Wildman–Crippen LogP) is 3.77. The largest absolute Gasteiger partial charge is 0.329 e. The summed E-state index contributed by atoms with van der Waals surface area (Å²) < 4.78 is 17.0. The number of hydrogen-bond acceptors (Lipinski definition) is 4. The van der Waals surface area contributed by atoms with E-state index in [-0.39, 0.29) is 11.1 Å². The number of benzene rings is 2. The molecule has 1 aliphatic heterocycles. The molecule has 7 nitrogen and oxygen atoms in total. The van der Waals surface area contributed by atoms with Crippen LogP contribution in [0.25, 0.3) is 5.65 Å². The number of aromatic nitrogens is 3. The van der Waals surface area contributed by atoms with Crippen LogP contribution in [0.4, 0.5) is 10.1 Å². The van der Waals surface area contributed by atoms with Crippen LogP contribution in [0.3, 0.4) is 0 Å². The summed E-state index contributed by atoms with van der Waals surface area (Å²) in [6.45, 7) is 6.50. The summed E-state index contributed by atoms with van der Waals surface area (Å²) in [7, 11) is 0. The number of carbonyl (C=O) groups is 1. The Balaban J connectivity index is 1.52. The molecule has 5 rings (SSSR count). The first-order valence-corrected chi connectivity index (χ1v) is 11.4. The molecular formula is C26H26FN5O2. The SMILES string of the molecule is CCn1c2c(c(=O)n3ncc(C(=O)Nc4cc(F)ccc4C)c13)CN(Cc1ccccc1)CC2. The van der Waals surface area contributed by atoms with E-state index in [4.69, 9.17) is 0 Å². The molecule has 0 unspecified atom stereocenters. The van der Waals surface area contributed by atoms with Gasteiger partial charge in [-0.2, -0.15) is 9.61 Å². The topological polar surface area (TPSA) is 71.6 Å². The summed E-state index contributed by atoms with van der Waals surface area (Å²) in [5, 5.41) is 7.05. The van der Waals surface area contributed by atoms with Crippen molar-refractivity contribution < 1.29 is 9.18 Å². The Morgan fingerprint density at radius 3 is 2.74 bits per heavy atom. The monoisotopic (exact) mass is 459 g/mol. The number of rotatable bonds is 5. The van der Waals surface area contributed by atoms with Crippen molar-refractivity contribution in [1.82, 2.24) is 19.1 Å². The number of nitrogens with one attached hydrogen (secondary N) is 1. The highest BCUT2D eigenvalue weighted by atomic mass is 19.1. The Kier molecular flexibility index (Phi) is 5.75. The summed E-state index contributed by atoms with van der Waals surface area (Å²) >= 11 is 0. The van der Waals surface area contributed by atoms with Gasteiger partial charge < -0.3 is 9.88 Å². The maximum absolute atomic E-state index is 13.7. The quantitative estimate of drug-likeness (QED) is 0.493. The highest BCUT2D eigenvalue weighted by Gasteiger charge is 2.27. The van der Waals surface area contributed by atoms with E-state index in [2.05, 4.69) is 27.4 Å². The molecule has 2 aromatic heterocycles. The number of aryl methyl sites for hydroxylation is 2. The van der Waals surface area contributed by atoms with Gasteiger partial charge in [-0.05, 0) is 37.1 Å². The Morgan fingerprint density at radius 2 is 1.97 bits per heavy atom.